The summed E-state index contributed by atoms with van der Waals surface area (Å²) in [7, 11) is 0. The lowest BCUT2D eigenvalue weighted by Gasteiger charge is -2.38. The zero-order chi connectivity index (χ0) is 23.4. The van der Waals surface area contributed by atoms with Crippen LogP contribution in [0, 0.1) is 6.92 Å². The van der Waals surface area contributed by atoms with Gasteiger partial charge in [0.1, 0.15) is 0 Å². The molecule has 33 heavy (non-hydrogen) atoms. The highest BCUT2D eigenvalue weighted by Gasteiger charge is 2.27. The number of fused-ring (bicyclic) bond motifs is 2. The third-order valence-electron chi connectivity index (χ3n) is 7.01. The quantitative estimate of drug-likeness (QED) is 0.623. The highest BCUT2D eigenvalue weighted by Crippen LogP contribution is 2.32. The van der Waals surface area contributed by atoms with E-state index in [4.69, 9.17) is 0 Å². The molecule has 3 N–H and O–H groups in total. The van der Waals surface area contributed by atoms with Gasteiger partial charge in [-0.1, -0.05) is 18.2 Å². The van der Waals surface area contributed by atoms with Gasteiger partial charge in [0.15, 0.2) is 0 Å². The Morgan fingerprint density at radius 1 is 1.09 bits per heavy atom. The van der Waals surface area contributed by atoms with Gasteiger partial charge in [0, 0.05) is 41.6 Å². The number of aryl methyl sites for hydroxylation is 2. The zero-order valence-electron chi connectivity index (χ0n) is 19.7. The van der Waals surface area contributed by atoms with Crippen molar-refractivity contribution in [2.45, 2.75) is 77.5 Å². The molecule has 1 fully saturated rings. The number of nitrogens with zero attached hydrogens (tertiary/aromatic N) is 1. The highest BCUT2D eigenvalue weighted by molar-refractivity contribution is 5.97. The molecule has 0 radical (unpaired) electrons. The smallest absolute Gasteiger partial charge is 0.253 e. The van der Waals surface area contributed by atoms with Gasteiger partial charge in [-0.3, -0.25) is 9.59 Å². The molecule has 4 rings (SSSR count). The fourth-order valence-electron chi connectivity index (χ4n) is 5.29. The van der Waals surface area contributed by atoms with Crippen LogP contribution >= 0.6 is 0 Å². The molecular weight excluding hydrogens is 414 g/mol. The summed E-state index contributed by atoms with van der Waals surface area (Å²) in [4.78, 5) is 31.1. The Morgan fingerprint density at radius 2 is 1.88 bits per heavy atom. The van der Waals surface area contributed by atoms with Crippen LogP contribution in [0.15, 0.2) is 41.2 Å². The Kier molecular flexibility index (Phi) is 7.33. The number of aliphatic hydroxyl groups excluding tert-OH is 1. The second-order valence-electron chi connectivity index (χ2n) is 9.23. The van der Waals surface area contributed by atoms with Crippen LogP contribution in [-0.2, 0) is 19.4 Å². The van der Waals surface area contributed by atoms with E-state index in [1.165, 1.54) is 0 Å². The SMILES string of the molecule is CCN(c1cccc2c1C/C=C\CCc1cc(C)[nH]c(=O)c1CNC2=O)C1CCC(O)CC1. The van der Waals surface area contributed by atoms with Crippen LogP contribution in [0.25, 0.3) is 0 Å². The molecular formula is C27H35N3O3. The molecule has 1 aromatic carbocycles. The van der Waals surface area contributed by atoms with Crippen molar-refractivity contribution in [3.63, 3.8) is 0 Å². The molecule has 2 heterocycles. The van der Waals surface area contributed by atoms with Crippen LogP contribution < -0.4 is 15.8 Å². The average Bonchev–Trinajstić information content (AvgIpc) is 2.79. The Hall–Kier alpha value is -2.86. The van der Waals surface area contributed by atoms with E-state index in [1.54, 1.807) is 0 Å². The first kappa shape index (κ1) is 23.3. The molecule has 1 amide bonds. The number of pyridine rings is 1. The van der Waals surface area contributed by atoms with E-state index in [0.29, 0.717) is 23.6 Å². The summed E-state index contributed by atoms with van der Waals surface area (Å²) in [5.41, 5.74) is 5.13. The number of carbonyl (C=O) groups excluding carboxylic acids is 1. The minimum Gasteiger partial charge on any atom is -0.393 e. The molecule has 1 aliphatic carbocycles. The monoisotopic (exact) mass is 449 g/mol. The predicted molar refractivity (Wildman–Crippen MR) is 132 cm³/mol. The van der Waals surface area contributed by atoms with Crippen LogP contribution in [0.3, 0.4) is 0 Å². The first-order valence-corrected chi connectivity index (χ1v) is 12.2. The fourth-order valence-corrected chi connectivity index (χ4v) is 5.29. The standard InChI is InChI=1S/C27H35N3O3/c1-3-30(20-12-14-21(31)15-13-20)25-11-7-10-23-22(25)9-6-4-5-8-19-16-18(2)29-27(33)24(19)17-28-26(23)32/h4,6-7,10-11,16,20-21,31H,3,5,8-9,12-15,17H2,1-2H3,(H,28,32)(H,29,33)/b6-4-. The topological polar surface area (TPSA) is 85.4 Å². The van der Waals surface area contributed by atoms with Crippen molar-refractivity contribution in [2.75, 3.05) is 11.4 Å². The number of nitrogens with one attached hydrogen (secondary N) is 2. The lowest BCUT2D eigenvalue weighted by atomic mass is 9.90. The molecule has 2 aromatic rings. The second kappa shape index (κ2) is 10.4. The number of rotatable bonds is 3. The van der Waals surface area contributed by atoms with Crippen LogP contribution in [0.2, 0.25) is 0 Å². The average molecular weight is 450 g/mol. The molecule has 2 aliphatic rings. The lowest BCUT2D eigenvalue weighted by Crippen LogP contribution is -2.40. The van der Waals surface area contributed by atoms with E-state index in [2.05, 4.69) is 40.3 Å². The Morgan fingerprint density at radius 3 is 2.64 bits per heavy atom. The number of aliphatic hydroxyl groups is 1. The van der Waals surface area contributed by atoms with Gasteiger partial charge in [0.25, 0.3) is 11.5 Å². The van der Waals surface area contributed by atoms with Crippen LogP contribution in [-0.4, -0.2) is 34.7 Å². The maximum atomic E-state index is 13.3. The third kappa shape index (κ3) is 5.22. The van der Waals surface area contributed by atoms with Gasteiger partial charge in [0.05, 0.1) is 6.10 Å². The van der Waals surface area contributed by atoms with E-state index in [-0.39, 0.29) is 24.1 Å². The number of aromatic nitrogens is 1. The molecule has 176 valence electrons. The molecule has 0 unspecified atom stereocenters. The third-order valence-corrected chi connectivity index (χ3v) is 7.01. The number of anilines is 1. The van der Waals surface area contributed by atoms with Crippen LogP contribution in [0.4, 0.5) is 5.69 Å². The van der Waals surface area contributed by atoms with Crippen LogP contribution in [0.5, 0.6) is 0 Å². The summed E-state index contributed by atoms with van der Waals surface area (Å²) in [6.45, 7) is 5.11. The van der Waals surface area contributed by atoms with Crippen molar-refractivity contribution in [3.8, 4) is 0 Å². The molecule has 0 spiro atoms. The molecule has 0 atom stereocenters. The van der Waals surface area contributed by atoms with Gasteiger partial charge >= 0.3 is 0 Å². The first-order chi connectivity index (χ1) is 16.0. The van der Waals surface area contributed by atoms with Crippen molar-refractivity contribution in [1.29, 1.82) is 0 Å². The number of aromatic amines is 1. The van der Waals surface area contributed by atoms with Gasteiger partial charge in [-0.05, 0) is 88.1 Å². The van der Waals surface area contributed by atoms with Crippen LogP contribution in [0.1, 0.15) is 71.8 Å². The summed E-state index contributed by atoms with van der Waals surface area (Å²) in [5, 5.41) is 13.0. The Bertz CT molecular complexity index is 1080. The van der Waals surface area contributed by atoms with Crippen molar-refractivity contribution < 1.29 is 9.90 Å². The fraction of sp³-hybridized carbons (Fsp3) is 0.481. The largest absolute Gasteiger partial charge is 0.393 e. The van der Waals surface area contributed by atoms with E-state index in [1.807, 2.05) is 25.1 Å². The van der Waals surface area contributed by atoms with E-state index >= 15 is 0 Å². The molecule has 1 saturated carbocycles. The summed E-state index contributed by atoms with van der Waals surface area (Å²) >= 11 is 0. The van der Waals surface area contributed by atoms with Crippen molar-refractivity contribution in [3.05, 3.63) is 74.7 Å². The van der Waals surface area contributed by atoms with Gasteiger partial charge in [0.2, 0.25) is 0 Å². The second-order valence-corrected chi connectivity index (χ2v) is 9.23. The number of allylic oxidation sites excluding steroid dienone is 2. The first-order valence-electron chi connectivity index (χ1n) is 12.2. The molecule has 6 nitrogen and oxygen atoms in total. The van der Waals surface area contributed by atoms with Gasteiger partial charge < -0.3 is 20.3 Å². The molecule has 1 aromatic heterocycles. The molecule has 0 saturated heterocycles. The number of H-pyrrole nitrogens is 1. The number of amides is 1. The molecule has 6 heteroatoms. The summed E-state index contributed by atoms with van der Waals surface area (Å²) < 4.78 is 0. The minimum atomic E-state index is -0.195. The van der Waals surface area contributed by atoms with E-state index < -0.39 is 0 Å². The normalized spacial score (nSPS) is 22.2. The highest BCUT2D eigenvalue weighted by atomic mass is 16.3. The van der Waals surface area contributed by atoms with Gasteiger partial charge in [-0.25, -0.2) is 0 Å². The Balaban J connectivity index is 1.68. The number of hydrogen-bond donors (Lipinski definition) is 3. The summed E-state index contributed by atoms with van der Waals surface area (Å²) in [5.74, 6) is -0.151. The lowest BCUT2D eigenvalue weighted by molar-refractivity contribution is 0.0950. The van der Waals surface area contributed by atoms with Gasteiger partial charge in [-0.2, -0.15) is 0 Å². The summed E-state index contributed by atoms with van der Waals surface area (Å²) in [6.07, 6.45) is 9.98. The number of hydrogen-bond acceptors (Lipinski definition) is 4. The van der Waals surface area contributed by atoms with Crippen molar-refractivity contribution in [2.24, 2.45) is 0 Å². The maximum Gasteiger partial charge on any atom is 0.253 e. The minimum absolute atomic E-state index is 0.128. The summed E-state index contributed by atoms with van der Waals surface area (Å²) in [6, 6.07) is 8.32. The van der Waals surface area contributed by atoms with Crippen molar-refractivity contribution in [1.82, 2.24) is 10.3 Å². The Labute approximate surface area is 195 Å². The maximum absolute atomic E-state index is 13.3. The van der Waals surface area contributed by atoms with E-state index in [0.717, 1.165) is 67.6 Å². The van der Waals surface area contributed by atoms with E-state index in [9.17, 15) is 14.7 Å². The van der Waals surface area contributed by atoms with Gasteiger partial charge in [-0.15, -0.1) is 0 Å². The zero-order valence-corrected chi connectivity index (χ0v) is 19.7. The number of benzene rings is 1. The molecule has 0 bridgehead atoms. The number of carbonyl (C=O) groups is 1. The molecule has 1 aliphatic heterocycles. The van der Waals surface area contributed by atoms with Crippen molar-refractivity contribution >= 4 is 11.6 Å². The predicted octanol–water partition coefficient (Wildman–Crippen LogP) is 3.79.